The first-order valence-electron chi connectivity index (χ1n) is 8.90. The summed E-state index contributed by atoms with van der Waals surface area (Å²) in [7, 11) is 3.17. The average Bonchev–Trinajstić information content (AvgIpc) is 2.71. The van der Waals surface area contributed by atoms with Crippen molar-refractivity contribution in [2.75, 3.05) is 19.9 Å². The van der Waals surface area contributed by atoms with Gasteiger partial charge in [-0.15, -0.1) is 11.8 Å². The maximum atomic E-state index is 12.9. The fourth-order valence-electron chi connectivity index (χ4n) is 2.72. The zero-order valence-corrected chi connectivity index (χ0v) is 17.8. The summed E-state index contributed by atoms with van der Waals surface area (Å²) in [5.41, 5.74) is 1.97. The van der Waals surface area contributed by atoms with Crippen molar-refractivity contribution >= 4 is 35.2 Å². The molecule has 1 atom stereocenters. The van der Waals surface area contributed by atoms with E-state index in [4.69, 9.17) is 16.3 Å². The van der Waals surface area contributed by atoms with Crippen molar-refractivity contribution in [3.63, 3.8) is 0 Å². The molecule has 0 saturated carbocycles. The summed E-state index contributed by atoms with van der Waals surface area (Å²) in [4.78, 5) is 26.6. The van der Waals surface area contributed by atoms with Crippen molar-refractivity contribution in [2.45, 2.75) is 25.3 Å². The van der Waals surface area contributed by atoms with E-state index >= 15 is 0 Å². The maximum absolute atomic E-state index is 12.9. The molecular formula is C21H25ClN2O3S. The van der Waals surface area contributed by atoms with Crippen molar-refractivity contribution in [2.24, 2.45) is 0 Å². The molecule has 7 heteroatoms. The van der Waals surface area contributed by atoms with E-state index < -0.39 is 6.04 Å². The lowest BCUT2D eigenvalue weighted by Crippen LogP contribution is -2.47. The highest BCUT2D eigenvalue weighted by atomic mass is 35.5. The van der Waals surface area contributed by atoms with Crippen LogP contribution in [-0.2, 0) is 21.9 Å². The number of methoxy groups -OCH3 is 1. The van der Waals surface area contributed by atoms with Crippen molar-refractivity contribution < 1.29 is 14.3 Å². The standard InChI is InChI=1S/C21H25ClN2O3S/c1-15(21(26)23-2)24(12-16-6-5-9-19(11-16)27-3)20(25)14-28-13-17-7-4-8-18(22)10-17/h4-11,15H,12-14H2,1-3H3,(H,23,26)/t15-/m0/s1. The number of nitrogens with zero attached hydrogens (tertiary/aromatic N) is 1. The molecule has 0 spiro atoms. The SMILES string of the molecule is CNC(=O)[C@H](C)N(Cc1cccc(OC)c1)C(=O)CSCc1cccc(Cl)c1. The number of benzene rings is 2. The fraction of sp³-hybridized carbons (Fsp3) is 0.333. The van der Waals surface area contributed by atoms with Gasteiger partial charge in [0.05, 0.1) is 12.9 Å². The molecule has 150 valence electrons. The van der Waals surface area contributed by atoms with Gasteiger partial charge >= 0.3 is 0 Å². The van der Waals surface area contributed by atoms with E-state index in [0.717, 1.165) is 11.1 Å². The molecule has 0 aromatic heterocycles. The van der Waals surface area contributed by atoms with E-state index in [1.54, 1.807) is 26.0 Å². The van der Waals surface area contributed by atoms with E-state index in [0.29, 0.717) is 23.1 Å². The van der Waals surface area contributed by atoms with Gasteiger partial charge in [0.15, 0.2) is 0 Å². The summed E-state index contributed by atoms with van der Waals surface area (Å²) < 4.78 is 5.25. The van der Waals surface area contributed by atoms with Gasteiger partial charge in [-0.3, -0.25) is 9.59 Å². The quantitative estimate of drug-likeness (QED) is 0.671. The largest absolute Gasteiger partial charge is 0.497 e. The highest BCUT2D eigenvalue weighted by Crippen LogP contribution is 2.19. The maximum Gasteiger partial charge on any atom is 0.242 e. The second kappa shape index (κ2) is 11.0. The molecule has 1 N–H and O–H groups in total. The summed E-state index contributed by atoms with van der Waals surface area (Å²) in [6, 6.07) is 14.5. The lowest BCUT2D eigenvalue weighted by Gasteiger charge is -2.28. The Hall–Kier alpha value is -2.18. The summed E-state index contributed by atoms with van der Waals surface area (Å²) in [5, 5.41) is 3.30. The van der Waals surface area contributed by atoms with E-state index in [9.17, 15) is 9.59 Å². The van der Waals surface area contributed by atoms with Crippen LogP contribution in [0.2, 0.25) is 5.02 Å². The number of thioether (sulfide) groups is 1. The molecule has 0 unspecified atom stereocenters. The molecular weight excluding hydrogens is 396 g/mol. The second-order valence-electron chi connectivity index (χ2n) is 6.29. The third-order valence-electron chi connectivity index (χ3n) is 4.28. The average molecular weight is 421 g/mol. The number of rotatable bonds is 9. The van der Waals surface area contributed by atoms with Gasteiger partial charge in [0.25, 0.3) is 0 Å². The molecule has 0 heterocycles. The molecule has 0 aliphatic rings. The Labute approximate surface area is 175 Å². The van der Waals surface area contributed by atoms with E-state index in [2.05, 4.69) is 5.32 Å². The first-order chi connectivity index (χ1) is 13.4. The molecule has 0 aliphatic heterocycles. The Morgan fingerprint density at radius 1 is 1.18 bits per heavy atom. The number of nitrogens with one attached hydrogen (secondary N) is 1. The van der Waals surface area contributed by atoms with Crippen molar-refractivity contribution in [3.8, 4) is 5.75 Å². The lowest BCUT2D eigenvalue weighted by molar-refractivity contribution is -0.138. The number of likely N-dealkylation sites (N-methyl/N-ethyl adjacent to an activating group) is 1. The van der Waals surface area contributed by atoms with Gasteiger partial charge < -0.3 is 15.0 Å². The Morgan fingerprint density at radius 3 is 2.57 bits per heavy atom. The molecule has 2 aromatic carbocycles. The molecule has 2 aromatic rings. The van der Waals surface area contributed by atoms with Crippen LogP contribution in [0.1, 0.15) is 18.1 Å². The van der Waals surface area contributed by atoms with Gasteiger partial charge in [-0.1, -0.05) is 35.9 Å². The van der Waals surface area contributed by atoms with E-state index in [-0.39, 0.29) is 17.6 Å². The van der Waals surface area contributed by atoms with Crippen LogP contribution in [0.5, 0.6) is 5.75 Å². The van der Waals surface area contributed by atoms with Crippen molar-refractivity contribution in [3.05, 3.63) is 64.7 Å². The molecule has 0 radical (unpaired) electrons. The highest BCUT2D eigenvalue weighted by Gasteiger charge is 2.25. The minimum Gasteiger partial charge on any atom is -0.497 e. The molecule has 0 fully saturated rings. The van der Waals surface area contributed by atoms with Gasteiger partial charge in [0.1, 0.15) is 11.8 Å². The molecule has 5 nitrogen and oxygen atoms in total. The van der Waals surface area contributed by atoms with Crippen molar-refractivity contribution in [1.82, 2.24) is 10.2 Å². The second-order valence-corrected chi connectivity index (χ2v) is 7.71. The highest BCUT2D eigenvalue weighted by molar-refractivity contribution is 7.99. The van der Waals surface area contributed by atoms with Gasteiger partial charge in [0, 0.05) is 24.4 Å². The minimum absolute atomic E-state index is 0.0917. The summed E-state index contributed by atoms with van der Waals surface area (Å²) in [6.45, 7) is 2.07. The predicted molar refractivity (Wildman–Crippen MR) is 115 cm³/mol. The third-order valence-corrected chi connectivity index (χ3v) is 5.51. The molecule has 0 bridgehead atoms. The minimum atomic E-state index is -0.574. The Bertz CT molecular complexity index is 816. The first-order valence-corrected chi connectivity index (χ1v) is 10.4. The Balaban J connectivity index is 2.06. The van der Waals surface area contributed by atoms with Crippen molar-refractivity contribution in [1.29, 1.82) is 0 Å². The van der Waals surface area contributed by atoms with Crippen LogP contribution in [-0.4, -0.2) is 42.7 Å². The summed E-state index contributed by atoms with van der Waals surface area (Å²) in [6.07, 6.45) is 0. The number of amides is 2. The van der Waals surface area contributed by atoms with E-state index in [1.165, 1.54) is 11.8 Å². The lowest BCUT2D eigenvalue weighted by atomic mass is 10.1. The van der Waals surface area contributed by atoms with Gasteiger partial charge in [-0.2, -0.15) is 0 Å². The topological polar surface area (TPSA) is 58.6 Å². The Kier molecular flexibility index (Phi) is 8.67. The number of carbonyl (C=O) groups excluding carboxylic acids is 2. The molecule has 0 aliphatic carbocycles. The van der Waals surface area contributed by atoms with Crippen LogP contribution < -0.4 is 10.1 Å². The monoisotopic (exact) mass is 420 g/mol. The summed E-state index contributed by atoms with van der Waals surface area (Å²) in [5.74, 6) is 1.38. The van der Waals surface area contributed by atoms with Gasteiger partial charge in [-0.25, -0.2) is 0 Å². The van der Waals surface area contributed by atoms with Crippen LogP contribution in [0.25, 0.3) is 0 Å². The molecule has 0 saturated heterocycles. The number of ether oxygens (including phenoxy) is 1. The number of carbonyl (C=O) groups is 2. The van der Waals surface area contributed by atoms with Crippen LogP contribution in [0.4, 0.5) is 0 Å². The normalized spacial score (nSPS) is 11.6. The first kappa shape index (κ1) is 22.1. The fourth-order valence-corrected chi connectivity index (χ4v) is 3.80. The van der Waals surface area contributed by atoms with Crippen LogP contribution in [0, 0.1) is 0 Å². The molecule has 2 rings (SSSR count). The number of hydrogen-bond donors (Lipinski definition) is 1. The van der Waals surface area contributed by atoms with Gasteiger partial charge in [-0.05, 0) is 42.3 Å². The molecule has 28 heavy (non-hydrogen) atoms. The third kappa shape index (κ3) is 6.46. The predicted octanol–water partition coefficient (Wildman–Crippen LogP) is 3.75. The zero-order valence-electron chi connectivity index (χ0n) is 16.3. The van der Waals surface area contributed by atoms with Crippen LogP contribution >= 0.6 is 23.4 Å². The van der Waals surface area contributed by atoms with E-state index in [1.807, 2.05) is 48.5 Å². The van der Waals surface area contributed by atoms with Gasteiger partial charge in [0.2, 0.25) is 11.8 Å². The number of hydrogen-bond acceptors (Lipinski definition) is 4. The van der Waals surface area contributed by atoms with Crippen LogP contribution in [0.15, 0.2) is 48.5 Å². The Morgan fingerprint density at radius 2 is 1.89 bits per heavy atom. The van der Waals surface area contributed by atoms with Crippen LogP contribution in [0.3, 0.4) is 0 Å². The molecule has 2 amide bonds. The summed E-state index contributed by atoms with van der Waals surface area (Å²) >= 11 is 7.51. The number of halogens is 1. The zero-order chi connectivity index (χ0) is 20.5. The smallest absolute Gasteiger partial charge is 0.242 e.